The van der Waals surface area contributed by atoms with Gasteiger partial charge in [-0.25, -0.2) is 4.98 Å². The summed E-state index contributed by atoms with van der Waals surface area (Å²) in [5.41, 5.74) is 1.31. The highest BCUT2D eigenvalue weighted by molar-refractivity contribution is 7.80. The Kier molecular flexibility index (Phi) is 6.48. The third kappa shape index (κ3) is 6.23. The summed E-state index contributed by atoms with van der Waals surface area (Å²) in [6, 6.07) is 16.2. The number of nitrogens with zero attached hydrogens (tertiary/aromatic N) is 1. The van der Waals surface area contributed by atoms with Crippen molar-refractivity contribution in [1.29, 1.82) is 0 Å². The number of aromatic nitrogens is 1. The molecule has 0 radical (unpaired) electrons. The standard InChI is InChI=1S/C16H20N4S/c21-16(19-11-9-14-6-2-1-3-7-14)20-13-12-18-15-8-4-5-10-17-15/h1-8,10H,9,11-13H2,(H,17,18)(H2,19,20,21). The minimum absolute atomic E-state index is 0.689. The number of anilines is 1. The Morgan fingerprint density at radius 2 is 1.67 bits per heavy atom. The fraction of sp³-hybridized carbons (Fsp3) is 0.250. The third-order valence-corrected chi connectivity index (χ3v) is 3.21. The second kappa shape index (κ2) is 8.92. The Labute approximate surface area is 131 Å². The molecule has 0 aliphatic heterocycles. The molecule has 1 aromatic carbocycles. The second-order valence-electron chi connectivity index (χ2n) is 4.56. The lowest BCUT2D eigenvalue weighted by Crippen LogP contribution is -2.38. The summed E-state index contributed by atoms with van der Waals surface area (Å²) in [5.74, 6) is 0.877. The first-order valence-electron chi connectivity index (χ1n) is 7.05. The Bertz CT molecular complexity index is 530. The monoisotopic (exact) mass is 300 g/mol. The zero-order chi connectivity index (χ0) is 14.8. The molecule has 1 heterocycles. The van der Waals surface area contributed by atoms with Gasteiger partial charge in [0.05, 0.1) is 0 Å². The van der Waals surface area contributed by atoms with E-state index in [1.54, 1.807) is 6.20 Å². The maximum atomic E-state index is 5.23. The van der Waals surface area contributed by atoms with Crippen LogP contribution in [-0.4, -0.2) is 29.7 Å². The molecule has 0 saturated heterocycles. The van der Waals surface area contributed by atoms with Gasteiger partial charge in [0.25, 0.3) is 0 Å². The molecule has 2 rings (SSSR count). The quantitative estimate of drug-likeness (QED) is 0.540. The zero-order valence-corrected chi connectivity index (χ0v) is 12.7. The molecule has 0 atom stereocenters. The fourth-order valence-electron chi connectivity index (χ4n) is 1.86. The van der Waals surface area contributed by atoms with Crippen molar-refractivity contribution >= 4 is 23.1 Å². The summed E-state index contributed by atoms with van der Waals surface area (Å²) >= 11 is 5.23. The summed E-state index contributed by atoms with van der Waals surface area (Å²) in [4.78, 5) is 4.19. The zero-order valence-electron chi connectivity index (χ0n) is 11.9. The van der Waals surface area contributed by atoms with Gasteiger partial charge in [0.2, 0.25) is 0 Å². The van der Waals surface area contributed by atoms with Crippen LogP contribution < -0.4 is 16.0 Å². The predicted molar refractivity (Wildman–Crippen MR) is 91.5 cm³/mol. The van der Waals surface area contributed by atoms with Crippen LogP contribution in [-0.2, 0) is 6.42 Å². The maximum Gasteiger partial charge on any atom is 0.166 e. The SMILES string of the molecule is S=C(NCCNc1ccccn1)NCCc1ccccc1. The summed E-state index contributed by atoms with van der Waals surface area (Å²) < 4.78 is 0. The van der Waals surface area contributed by atoms with Crippen molar-refractivity contribution < 1.29 is 0 Å². The smallest absolute Gasteiger partial charge is 0.166 e. The van der Waals surface area contributed by atoms with Crippen LogP contribution in [0.25, 0.3) is 0 Å². The Hall–Kier alpha value is -2.14. The lowest BCUT2D eigenvalue weighted by atomic mass is 10.1. The van der Waals surface area contributed by atoms with Crippen LogP contribution in [0.3, 0.4) is 0 Å². The Morgan fingerprint density at radius 3 is 2.43 bits per heavy atom. The average Bonchev–Trinajstić information content (AvgIpc) is 2.54. The van der Waals surface area contributed by atoms with E-state index >= 15 is 0 Å². The lowest BCUT2D eigenvalue weighted by Gasteiger charge is -2.11. The van der Waals surface area contributed by atoms with Crippen molar-refractivity contribution in [1.82, 2.24) is 15.6 Å². The highest BCUT2D eigenvalue weighted by atomic mass is 32.1. The van der Waals surface area contributed by atoms with E-state index in [9.17, 15) is 0 Å². The van der Waals surface area contributed by atoms with Crippen LogP contribution in [0.5, 0.6) is 0 Å². The minimum atomic E-state index is 0.689. The molecule has 21 heavy (non-hydrogen) atoms. The highest BCUT2D eigenvalue weighted by Crippen LogP contribution is 1.98. The predicted octanol–water partition coefficient (Wildman–Crippen LogP) is 2.20. The summed E-state index contributed by atoms with van der Waals surface area (Å²) in [5, 5.41) is 10.3. The minimum Gasteiger partial charge on any atom is -0.368 e. The van der Waals surface area contributed by atoms with Crippen LogP contribution in [0.15, 0.2) is 54.7 Å². The number of pyridine rings is 1. The molecule has 0 spiro atoms. The van der Waals surface area contributed by atoms with Crippen LogP contribution in [0, 0.1) is 0 Å². The van der Waals surface area contributed by atoms with Gasteiger partial charge < -0.3 is 16.0 Å². The molecule has 0 amide bonds. The number of hydrogen-bond donors (Lipinski definition) is 3. The third-order valence-electron chi connectivity index (χ3n) is 2.92. The molecule has 3 N–H and O–H groups in total. The van der Waals surface area contributed by atoms with E-state index in [-0.39, 0.29) is 0 Å². The van der Waals surface area contributed by atoms with Crippen molar-refractivity contribution in [2.45, 2.75) is 6.42 Å². The van der Waals surface area contributed by atoms with Crippen LogP contribution in [0.2, 0.25) is 0 Å². The summed E-state index contributed by atoms with van der Waals surface area (Å²) in [7, 11) is 0. The van der Waals surface area contributed by atoms with Gasteiger partial charge in [-0.1, -0.05) is 36.4 Å². The molecule has 2 aromatic rings. The first kappa shape index (κ1) is 15.3. The van der Waals surface area contributed by atoms with Gasteiger partial charge in [-0.3, -0.25) is 0 Å². The fourth-order valence-corrected chi connectivity index (χ4v) is 2.07. The van der Waals surface area contributed by atoms with Crippen molar-refractivity contribution in [3.05, 3.63) is 60.3 Å². The molecule has 5 heteroatoms. The van der Waals surface area contributed by atoms with Gasteiger partial charge in [0.15, 0.2) is 5.11 Å². The molecule has 0 aliphatic carbocycles. The summed E-state index contributed by atoms with van der Waals surface area (Å²) in [6.45, 7) is 2.37. The molecule has 0 unspecified atom stereocenters. The molecule has 110 valence electrons. The molecular formula is C16H20N4S. The van der Waals surface area contributed by atoms with E-state index in [4.69, 9.17) is 12.2 Å². The number of rotatable bonds is 7. The van der Waals surface area contributed by atoms with Gasteiger partial charge in [-0.15, -0.1) is 0 Å². The normalized spacial score (nSPS) is 9.90. The van der Waals surface area contributed by atoms with E-state index in [2.05, 4.69) is 45.2 Å². The first-order valence-corrected chi connectivity index (χ1v) is 7.46. The molecule has 0 saturated carbocycles. The van der Waals surface area contributed by atoms with Gasteiger partial charge in [-0.2, -0.15) is 0 Å². The second-order valence-corrected chi connectivity index (χ2v) is 4.97. The van der Waals surface area contributed by atoms with Crippen molar-refractivity contribution in [2.75, 3.05) is 25.0 Å². The first-order chi connectivity index (χ1) is 10.3. The molecule has 4 nitrogen and oxygen atoms in total. The molecule has 0 aliphatic rings. The topological polar surface area (TPSA) is 49.0 Å². The van der Waals surface area contributed by atoms with Crippen LogP contribution in [0.1, 0.15) is 5.56 Å². The van der Waals surface area contributed by atoms with E-state index < -0.39 is 0 Å². The van der Waals surface area contributed by atoms with E-state index in [1.807, 2.05) is 24.3 Å². The molecule has 0 fully saturated rings. The number of benzene rings is 1. The number of nitrogens with one attached hydrogen (secondary N) is 3. The van der Waals surface area contributed by atoms with Gasteiger partial charge >= 0.3 is 0 Å². The molecule has 1 aromatic heterocycles. The van der Waals surface area contributed by atoms with Crippen LogP contribution >= 0.6 is 12.2 Å². The summed E-state index contributed by atoms with van der Waals surface area (Å²) in [6.07, 6.45) is 2.74. The van der Waals surface area contributed by atoms with E-state index in [1.165, 1.54) is 5.56 Å². The van der Waals surface area contributed by atoms with Gasteiger partial charge in [-0.05, 0) is 36.3 Å². The molecule has 0 bridgehead atoms. The van der Waals surface area contributed by atoms with Crippen molar-refractivity contribution in [3.63, 3.8) is 0 Å². The van der Waals surface area contributed by atoms with Gasteiger partial charge in [0, 0.05) is 25.8 Å². The van der Waals surface area contributed by atoms with E-state index in [0.29, 0.717) is 5.11 Å². The number of hydrogen-bond acceptors (Lipinski definition) is 3. The lowest BCUT2D eigenvalue weighted by molar-refractivity contribution is 0.816. The Morgan fingerprint density at radius 1 is 0.905 bits per heavy atom. The van der Waals surface area contributed by atoms with Crippen molar-refractivity contribution in [3.8, 4) is 0 Å². The molecular weight excluding hydrogens is 280 g/mol. The largest absolute Gasteiger partial charge is 0.368 e. The number of thiocarbonyl (C=S) groups is 1. The average molecular weight is 300 g/mol. The Balaban J connectivity index is 1.54. The van der Waals surface area contributed by atoms with Crippen LogP contribution in [0.4, 0.5) is 5.82 Å². The maximum absolute atomic E-state index is 5.23. The van der Waals surface area contributed by atoms with E-state index in [0.717, 1.165) is 31.9 Å². The van der Waals surface area contributed by atoms with Crippen molar-refractivity contribution in [2.24, 2.45) is 0 Å². The highest BCUT2D eigenvalue weighted by Gasteiger charge is 1.96. The van der Waals surface area contributed by atoms with Gasteiger partial charge in [0.1, 0.15) is 5.82 Å².